The van der Waals surface area contributed by atoms with E-state index in [2.05, 4.69) is 50.1 Å². The minimum Gasteiger partial charge on any atom is -0.372 e. The number of benzene rings is 1. The molecule has 0 bridgehead atoms. The Balaban J connectivity index is 2.04. The zero-order valence-electron chi connectivity index (χ0n) is 11.6. The maximum absolute atomic E-state index is 11.3. The molecule has 1 aromatic rings. The quantitative estimate of drug-likeness (QED) is 0.808. The molecule has 1 aromatic carbocycles. The molecule has 0 N–H and O–H groups in total. The van der Waals surface area contributed by atoms with E-state index in [1.807, 2.05) is 0 Å². The van der Waals surface area contributed by atoms with Crippen LogP contribution in [0.2, 0.25) is 0 Å². The van der Waals surface area contributed by atoms with Gasteiger partial charge in [0.2, 0.25) is 0 Å². The summed E-state index contributed by atoms with van der Waals surface area (Å²) in [4.78, 5) is 13.6. The predicted octanol–water partition coefficient (Wildman–Crippen LogP) is 3.76. The van der Waals surface area contributed by atoms with E-state index in [-0.39, 0.29) is 0 Å². The molecule has 2 nitrogen and oxygen atoms in total. The fraction of sp³-hybridized carbons (Fsp3) is 0.562. The van der Waals surface area contributed by atoms with Crippen molar-refractivity contribution in [1.29, 1.82) is 0 Å². The number of anilines is 1. The van der Waals surface area contributed by atoms with Crippen molar-refractivity contribution in [3.8, 4) is 0 Å². The molecule has 1 aliphatic carbocycles. The van der Waals surface area contributed by atoms with Crippen LogP contribution < -0.4 is 4.90 Å². The minimum absolute atomic E-state index is 0.426. The van der Waals surface area contributed by atoms with Gasteiger partial charge in [-0.2, -0.15) is 0 Å². The summed E-state index contributed by atoms with van der Waals surface area (Å²) in [6, 6.07) is 9.35. The number of hydrogen-bond donors (Lipinski definition) is 0. The standard InChI is InChI=1S/C16H23NO/c1-12(2)13-4-6-14(7-5-13)17(3)15-8-10-16(18)11-9-15/h4-7,12,15H,8-11H2,1-3H3. The van der Waals surface area contributed by atoms with E-state index < -0.39 is 0 Å². The molecule has 0 unspecified atom stereocenters. The molecule has 0 saturated heterocycles. The summed E-state index contributed by atoms with van der Waals surface area (Å²) in [5.74, 6) is 1.01. The Morgan fingerprint density at radius 1 is 1.11 bits per heavy atom. The van der Waals surface area contributed by atoms with Gasteiger partial charge in [-0.1, -0.05) is 26.0 Å². The van der Waals surface area contributed by atoms with Crippen LogP contribution in [0.5, 0.6) is 0 Å². The minimum atomic E-state index is 0.426. The van der Waals surface area contributed by atoms with Crippen molar-refractivity contribution in [3.05, 3.63) is 29.8 Å². The molecule has 0 atom stereocenters. The molecule has 0 heterocycles. The molecule has 0 spiro atoms. The Morgan fingerprint density at radius 3 is 2.17 bits per heavy atom. The van der Waals surface area contributed by atoms with Gasteiger partial charge >= 0.3 is 0 Å². The van der Waals surface area contributed by atoms with Gasteiger partial charge in [-0.3, -0.25) is 4.79 Å². The lowest BCUT2D eigenvalue weighted by Gasteiger charge is -2.32. The van der Waals surface area contributed by atoms with Crippen molar-refractivity contribution < 1.29 is 4.79 Å². The summed E-state index contributed by atoms with van der Waals surface area (Å²) in [6.45, 7) is 4.43. The van der Waals surface area contributed by atoms with Crippen LogP contribution in [-0.2, 0) is 4.79 Å². The predicted molar refractivity (Wildman–Crippen MR) is 76.2 cm³/mol. The molecule has 1 fully saturated rings. The van der Waals surface area contributed by atoms with Gasteiger partial charge in [-0.15, -0.1) is 0 Å². The Labute approximate surface area is 110 Å². The Kier molecular flexibility index (Phi) is 4.05. The molecule has 1 aliphatic rings. The topological polar surface area (TPSA) is 20.3 Å². The van der Waals surface area contributed by atoms with Crippen molar-refractivity contribution in [2.45, 2.75) is 51.5 Å². The first-order valence-corrected chi connectivity index (χ1v) is 6.92. The number of carbonyl (C=O) groups is 1. The first-order valence-electron chi connectivity index (χ1n) is 6.92. The number of Topliss-reactive ketones (excluding diaryl/α,β-unsaturated/α-hetero) is 1. The number of ketones is 1. The van der Waals surface area contributed by atoms with Crippen molar-refractivity contribution in [1.82, 2.24) is 0 Å². The lowest BCUT2D eigenvalue weighted by atomic mass is 9.93. The van der Waals surface area contributed by atoms with E-state index >= 15 is 0 Å². The van der Waals surface area contributed by atoms with E-state index in [0.717, 1.165) is 25.7 Å². The lowest BCUT2D eigenvalue weighted by molar-refractivity contribution is -0.120. The van der Waals surface area contributed by atoms with Crippen molar-refractivity contribution in [2.75, 3.05) is 11.9 Å². The van der Waals surface area contributed by atoms with Gasteiger partial charge in [0.1, 0.15) is 5.78 Å². The fourth-order valence-corrected chi connectivity index (χ4v) is 2.62. The monoisotopic (exact) mass is 245 g/mol. The molecular formula is C16H23NO. The second kappa shape index (κ2) is 5.55. The highest BCUT2D eigenvalue weighted by molar-refractivity contribution is 5.79. The van der Waals surface area contributed by atoms with Crippen molar-refractivity contribution in [2.24, 2.45) is 0 Å². The van der Waals surface area contributed by atoms with E-state index in [9.17, 15) is 4.79 Å². The largest absolute Gasteiger partial charge is 0.372 e. The van der Waals surface area contributed by atoms with Crippen LogP contribution in [0.4, 0.5) is 5.69 Å². The summed E-state index contributed by atoms with van der Waals surface area (Å²) in [5, 5.41) is 0. The average molecular weight is 245 g/mol. The van der Waals surface area contributed by atoms with Crippen LogP contribution in [0.3, 0.4) is 0 Å². The van der Waals surface area contributed by atoms with E-state index in [1.165, 1.54) is 11.3 Å². The highest BCUT2D eigenvalue weighted by atomic mass is 16.1. The first kappa shape index (κ1) is 13.1. The molecule has 0 aliphatic heterocycles. The maximum Gasteiger partial charge on any atom is 0.133 e. The maximum atomic E-state index is 11.3. The summed E-state index contributed by atoms with van der Waals surface area (Å²) < 4.78 is 0. The van der Waals surface area contributed by atoms with Crippen LogP contribution in [0.25, 0.3) is 0 Å². The Bertz CT molecular complexity index is 398. The van der Waals surface area contributed by atoms with Gasteiger partial charge in [0.25, 0.3) is 0 Å². The number of rotatable bonds is 3. The van der Waals surface area contributed by atoms with Gasteiger partial charge in [-0.25, -0.2) is 0 Å². The summed E-state index contributed by atoms with van der Waals surface area (Å²) in [7, 11) is 2.14. The lowest BCUT2D eigenvalue weighted by Crippen LogP contribution is -2.35. The molecule has 2 rings (SSSR count). The SMILES string of the molecule is CC(C)c1ccc(N(C)C2CCC(=O)CC2)cc1. The van der Waals surface area contributed by atoms with Gasteiger partial charge in [-0.05, 0) is 36.5 Å². The molecule has 0 radical (unpaired) electrons. The first-order chi connectivity index (χ1) is 8.58. The second-order valence-corrected chi connectivity index (χ2v) is 5.63. The number of hydrogen-bond acceptors (Lipinski definition) is 2. The third-order valence-electron chi connectivity index (χ3n) is 4.03. The molecule has 0 amide bonds. The van der Waals surface area contributed by atoms with Crippen LogP contribution >= 0.6 is 0 Å². The second-order valence-electron chi connectivity index (χ2n) is 5.63. The molecule has 18 heavy (non-hydrogen) atoms. The van der Waals surface area contributed by atoms with Crippen molar-refractivity contribution >= 4 is 11.5 Å². The van der Waals surface area contributed by atoms with Gasteiger partial charge in [0.05, 0.1) is 0 Å². The normalized spacial score (nSPS) is 17.2. The highest BCUT2D eigenvalue weighted by Gasteiger charge is 2.22. The van der Waals surface area contributed by atoms with Crippen molar-refractivity contribution in [3.63, 3.8) is 0 Å². The number of nitrogens with zero attached hydrogens (tertiary/aromatic N) is 1. The zero-order valence-corrected chi connectivity index (χ0v) is 11.6. The van der Waals surface area contributed by atoms with Gasteiger partial charge in [0, 0.05) is 31.6 Å². The van der Waals surface area contributed by atoms with Crippen LogP contribution in [0, 0.1) is 0 Å². The third kappa shape index (κ3) is 2.92. The third-order valence-corrected chi connectivity index (χ3v) is 4.03. The number of carbonyl (C=O) groups excluding carboxylic acids is 1. The summed E-state index contributed by atoms with van der Waals surface area (Å²) in [5.41, 5.74) is 2.64. The highest BCUT2D eigenvalue weighted by Crippen LogP contribution is 2.26. The molecule has 2 heteroatoms. The van der Waals surface area contributed by atoms with Gasteiger partial charge < -0.3 is 4.90 Å². The Morgan fingerprint density at radius 2 is 1.67 bits per heavy atom. The van der Waals surface area contributed by atoms with E-state index in [0.29, 0.717) is 17.7 Å². The average Bonchev–Trinajstić information content (AvgIpc) is 2.39. The Hall–Kier alpha value is -1.31. The molecule has 0 aromatic heterocycles. The van der Waals surface area contributed by atoms with Crippen LogP contribution in [0.15, 0.2) is 24.3 Å². The molecule has 98 valence electrons. The van der Waals surface area contributed by atoms with Gasteiger partial charge in [0.15, 0.2) is 0 Å². The van der Waals surface area contributed by atoms with E-state index in [4.69, 9.17) is 0 Å². The zero-order chi connectivity index (χ0) is 13.1. The molecular weight excluding hydrogens is 222 g/mol. The van der Waals surface area contributed by atoms with Crippen LogP contribution in [-0.4, -0.2) is 18.9 Å². The van der Waals surface area contributed by atoms with Crippen LogP contribution in [0.1, 0.15) is 51.0 Å². The van der Waals surface area contributed by atoms with E-state index in [1.54, 1.807) is 0 Å². The fourth-order valence-electron chi connectivity index (χ4n) is 2.62. The summed E-state index contributed by atoms with van der Waals surface area (Å²) in [6.07, 6.45) is 3.50. The smallest absolute Gasteiger partial charge is 0.133 e. The summed E-state index contributed by atoms with van der Waals surface area (Å²) >= 11 is 0. The molecule has 1 saturated carbocycles.